The van der Waals surface area contributed by atoms with Gasteiger partial charge < -0.3 is 4.90 Å². The van der Waals surface area contributed by atoms with E-state index in [1.807, 2.05) is 43.3 Å². The molecule has 2 aromatic carbocycles. The SMILES string of the molecule is CN(C)c1ccc(N=Nc2ccc(N=Nc3ncc([N+](=O)[O-])s3)cc2)cc1. The molecular weight excluding hydrogens is 366 g/mol. The highest BCUT2D eigenvalue weighted by atomic mass is 32.1. The van der Waals surface area contributed by atoms with Gasteiger partial charge in [-0.2, -0.15) is 10.2 Å². The Morgan fingerprint density at radius 1 is 0.889 bits per heavy atom. The summed E-state index contributed by atoms with van der Waals surface area (Å²) in [5.41, 5.74) is 3.11. The lowest BCUT2D eigenvalue weighted by molar-refractivity contribution is -0.380. The van der Waals surface area contributed by atoms with E-state index in [1.54, 1.807) is 24.3 Å². The molecule has 0 fully saturated rings. The molecule has 0 aliphatic heterocycles. The number of nitro groups is 1. The third-order valence-corrected chi connectivity index (χ3v) is 4.24. The lowest BCUT2D eigenvalue weighted by Crippen LogP contribution is -2.07. The van der Waals surface area contributed by atoms with Gasteiger partial charge >= 0.3 is 5.00 Å². The van der Waals surface area contributed by atoms with E-state index in [4.69, 9.17) is 0 Å². The van der Waals surface area contributed by atoms with E-state index >= 15 is 0 Å². The highest BCUT2D eigenvalue weighted by Gasteiger charge is 2.10. The molecule has 0 aliphatic carbocycles. The van der Waals surface area contributed by atoms with E-state index in [-0.39, 0.29) is 10.1 Å². The molecule has 27 heavy (non-hydrogen) atoms. The van der Waals surface area contributed by atoms with Crippen LogP contribution in [-0.2, 0) is 0 Å². The fourth-order valence-corrected chi connectivity index (χ4v) is 2.56. The van der Waals surface area contributed by atoms with E-state index in [1.165, 1.54) is 0 Å². The van der Waals surface area contributed by atoms with Gasteiger partial charge in [-0.1, -0.05) is 0 Å². The first-order valence-electron chi connectivity index (χ1n) is 7.82. The molecule has 0 saturated carbocycles. The Kier molecular flexibility index (Phi) is 5.57. The molecule has 0 unspecified atom stereocenters. The number of rotatable bonds is 6. The van der Waals surface area contributed by atoms with Crippen molar-refractivity contribution in [3.05, 3.63) is 64.8 Å². The van der Waals surface area contributed by atoms with Crippen LogP contribution in [0.15, 0.2) is 75.2 Å². The van der Waals surface area contributed by atoms with Crippen LogP contribution in [0.4, 0.5) is 32.9 Å². The van der Waals surface area contributed by atoms with Gasteiger partial charge in [0, 0.05) is 19.8 Å². The van der Waals surface area contributed by atoms with Gasteiger partial charge in [0.2, 0.25) is 5.13 Å². The minimum absolute atomic E-state index is 0.0710. The van der Waals surface area contributed by atoms with Gasteiger partial charge in [0.05, 0.1) is 22.0 Å². The van der Waals surface area contributed by atoms with E-state index in [0.29, 0.717) is 11.4 Å². The number of thiazole rings is 1. The average molecular weight is 381 g/mol. The van der Waals surface area contributed by atoms with Gasteiger partial charge in [-0.05, 0) is 59.9 Å². The average Bonchev–Trinajstić information content (AvgIpc) is 3.15. The summed E-state index contributed by atoms with van der Waals surface area (Å²) in [5, 5.41) is 27.1. The van der Waals surface area contributed by atoms with Crippen LogP contribution in [0.25, 0.3) is 0 Å². The molecule has 9 nitrogen and oxygen atoms in total. The smallest absolute Gasteiger partial charge is 0.345 e. The predicted octanol–water partition coefficient (Wildman–Crippen LogP) is 5.95. The minimum Gasteiger partial charge on any atom is -0.378 e. The zero-order chi connectivity index (χ0) is 19.2. The van der Waals surface area contributed by atoms with Crippen molar-refractivity contribution >= 4 is 44.2 Å². The first-order valence-corrected chi connectivity index (χ1v) is 8.64. The first kappa shape index (κ1) is 18.3. The van der Waals surface area contributed by atoms with Crippen LogP contribution in [0.2, 0.25) is 0 Å². The van der Waals surface area contributed by atoms with Gasteiger partial charge in [-0.25, -0.2) is 4.98 Å². The highest BCUT2D eigenvalue weighted by molar-refractivity contribution is 7.18. The Morgan fingerprint density at radius 3 is 1.81 bits per heavy atom. The van der Waals surface area contributed by atoms with Crippen molar-refractivity contribution in [2.75, 3.05) is 19.0 Å². The largest absolute Gasteiger partial charge is 0.378 e. The first-order chi connectivity index (χ1) is 13.0. The summed E-state index contributed by atoms with van der Waals surface area (Å²) in [6, 6.07) is 14.7. The summed E-state index contributed by atoms with van der Waals surface area (Å²) in [7, 11) is 3.95. The molecule has 0 saturated heterocycles. The Balaban J connectivity index is 1.64. The maximum absolute atomic E-state index is 10.6. The Hall–Kier alpha value is -3.53. The fourth-order valence-electron chi connectivity index (χ4n) is 2.01. The minimum atomic E-state index is -0.509. The van der Waals surface area contributed by atoms with Crippen molar-refractivity contribution in [1.29, 1.82) is 0 Å². The topological polar surface area (TPSA) is 109 Å². The molecular formula is C17H15N7O2S. The van der Waals surface area contributed by atoms with E-state index in [0.717, 1.165) is 28.9 Å². The molecule has 0 aliphatic rings. The molecule has 0 atom stereocenters. The van der Waals surface area contributed by atoms with Crippen molar-refractivity contribution in [3.8, 4) is 0 Å². The summed E-state index contributed by atoms with van der Waals surface area (Å²) < 4.78 is 0. The van der Waals surface area contributed by atoms with Gasteiger partial charge in [-0.3, -0.25) is 10.1 Å². The summed E-state index contributed by atoms with van der Waals surface area (Å²) in [6.07, 6.45) is 1.16. The number of azo groups is 2. The highest BCUT2D eigenvalue weighted by Crippen LogP contribution is 2.29. The fraction of sp³-hybridized carbons (Fsp3) is 0.118. The lowest BCUT2D eigenvalue weighted by atomic mass is 10.3. The molecule has 0 bridgehead atoms. The quantitative estimate of drug-likeness (QED) is 0.298. The molecule has 136 valence electrons. The number of anilines is 1. The van der Waals surface area contributed by atoms with Gasteiger partial charge in [-0.15, -0.1) is 10.2 Å². The van der Waals surface area contributed by atoms with Crippen LogP contribution in [0, 0.1) is 10.1 Å². The Bertz CT molecular complexity index is 979. The van der Waals surface area contributed by atoms with E-state index in [9.17, 15) is 10.1 Å². The lowest BCUT2D eigenvalue weighted by Gasteiger charge is -2.11. The van der Waals surface area contributed by atoms with E-state index in [2.05, 4.69) is 25.4 Å². The van der Waals surface area contributed by atoms with Gasteiger partial charge in [0.1, 0.15) is 6.20 Å². The maximum atomic E-state index is 10.6. The molecule has 1 aromatic heterocycles. The third kappa shape index (κ3) is 4.98. The summed E-state index contributed by atoms with van der Waals surface area (Å²) in [4.78, 5) is 16.0. The Labute approximate surface area is 158 Å². The van der Waals surface area contributed by atoms with Crippen LogP contribution in [0.3, 0.4) is 0 Å². The number of benzene rings is 2. The van der Waals surface area contributed by atoms with Crippen molar-refractivity contribution in [1.82, 2.24) is 4.98 Å². The zero-order valence-corrected chi connectivity index (χ0v) is 15.4. The molecule has 0 amide bonds. The molecule has 1 heterocycles. The second-order valence-corrected chi connectivity index (χ2v) is 6.55. The Morgan fingerprint density at radius 2 is 1.37 bits per heavy atom. The van der Waals surface area contributed by atoms with Crippen LogP contribution < -0.4 is 4.90 Å². The second kappa shape index (κ2) is 8.23. The van der Waals surface area contributed by atoms with Gasteiger partial charge in [0.25, 0.3) is 0 Å². The molecule has 10 heteroatoms. The van der Waals surface area contributed by atoms with Crippen molar-refractivity contribution < 1.29 is 4.92 Å². The normalized spacial score (nSPS) is 11.3. The standard InChI is InChI=1S/C17H15N7O2S/c1-23(2)15-9-7-14(8-10-15)20-19-12-3-5-13(6-4-12)21-22-17-18-11-16(27-17)24(25)26/h3-11H,1-2H3. The number of hydrogen-bond donors (Lipinski definition) is 0. The number of nitrogens with zero attached hydrogens (tertiary/aromatic N) is 7. The van der Waals surface area contributed by atoms with Crippen LogP contribution in [0.5, 0.6) is 0 Å². The molecule has 0 radical (unpaired) electrons. The van der Waals surface area contributed by atoms with Crippen LogP contribution >= 0.6 is 11.3 Å². The number of hydrogen-bond acceptors (Lipinski definition) is 9. The molecule has 3 rings (SSSR count). The molecule has 0 N–H and O–H groups in total. The zero-order valence-electron chi connectivity index (χ0n) is 14.6. The van der Waals surface area contributed by atoms with Crippen molar-refractivity contribution in [2.24, 2.45) is 20.5 Å². The van der Waals surface area contributed by atoms with Gasteiger partial charge in [0.15, 0.2) is 0 Å². The van der Waals surface area contributed by atoms with Crippen molar-refractivity contribution in [3.63, 3.8) is 0 Å². The second-order valence-electron chi connectivity index (χ2n) is 5.57. The maximum Gasteiger partial charge on any atom is 0.345 e. The van der Waals surface area contributed by atoms with E-state index < -0.39 is 4.92 Å². The summed E-state index contributed by atoms with van der Waals surface area (Å²) in [6.45, 7) is 0. The molecule has 3 aromatic rings. The van der Waals surface area contributed by atoms with Crippen LogP contribution in [0.1, 0.15) is 0 Å². The predicted molar refractivity (Wildman–Crippen MR) is 104 cm³/mol. The third-order valence-electron chi connectivity index (χ3n) is 3.41. The summed E-state index contributed by atoms with van der Waals surface area (Å²) >= 11 is 0.865. The number of aromatic nitrogens is 1. The monoisotopic (exact) mass is 381 g/mol. The van der Waals surface area contributed by atoms with Crippen molar-refractivity contribution in [2.45, 2.75) is 0 Å². The molecule has 0 spiro atoms. The van der Waals surface area contributed by atoms with Crippen LogP contribution in [-0.4, -0.2) is 24.0 Å². The summed E-state index contributed by atoms with van der Waals surface area (Å²) in [5.74, 6) is 0.